The van der Waals surface area contributed by atoms with Gasteiger partial charge in [0.15, 0.2) is 0 Å². The minimum atomic E-state index is -0.843. The van der Waals surface area contributed by atoms with E-state index in [1.54, 1.807) is 24.3 Å². The molecule has 1 aromatic carbocycles. The third kappa shape index (κ3) is 6.78. The predicted molar refractivity (Wildman–Crippen MR) is 73.8 cm³/mol. The van der Waals surface area contributed by atoms with Crippen molar-refractivity contribution in [1.29, 1.82) is 0 Å². The molecule has 20 heavy (non-hydrogen) atoms. The molecule has 0 atom stereocenters. The van der Waals surface area contributed by atoms with Crippen LogP contribution in [0.1, 0.15) is 31.2 Å². The Bertz CT molecular complexity index is 424. The van der Waals surface area contributed by atoms with Crippen molar-refractivity contribution in [3.63, 3.8) is 0 Å². The average molecular weight is 280 g/mol. The molecular formula is C15H20O5. The van der Waals surface area contributed by atoms with Crippen molar-refractivity contribution < 1.29 is 24.2 Å². The van der Waals surface area contributed by atoms with E-state index in [9.17, 15) is 9.59 Å². The zero-order chi connectivity index (χ0) is 14.8. The van der Waals surface area contributed by atoms with Gasteiger partial charge in [-0.3, -0.25) is 9.59 Å². The number of carbonyl (C=O) groups is 2. The highest BCUT2D eigenvalue weighted by Gasteiger charge is 2.01. The summed E-state index contributed by atoms with van der Waals surface area (Å²) in [5.41, 5.74) is 0.753. The lowest BCUT2D eigenvalue weighted by atomic mass is 10.1. The van der Waals surface area contributed by atoms with Gasteiger partial charge in [-0.1, -0.05) is 12.1 Å². The fraction of sp³-hybridized carbons (Fsp3) is 0.467. The first kappa shape index (κ1) is 16.0. The Morgan fingerprint density at radius 3 is 2.40 bits per heavy atom. The van der Waals surface area contributed by atoms with Crippen molar-refractivity contribution in [3.05, 3.63) is 29.8 Å². The Morgan fingerprint density at radius 2 is 1.80 bits per heavy atom. The number of esters is 1. The molecule has 0 saturated heterocycles. The summed E-state index contributed by atoms with van der Waals surface area (Å²) in [7, 11) is 1.39. The molecule has 0 unspecified atom stereocenters. The Hall–Kier alpha value is -2.04. The van der Waals surface area contributed by atoms with Crippen molar-refractivity contribution in [1.82, 2.24) is 0 Å². The van der Waals surface area contributed by atoms with E-state index in [1.165, 1.54) is 7.11 Å². The van der Waals surface area contributed by atoms with Gasteiger partial charge in [-0.2, -0.15) is 0 Å². The maximum Gasteiger partial charge on any atom is 0.307 e. The fourth-order valence-corrected chi connectivity index (χ4v) is 1.72. The standard InChI is InChI=1S/C15H20O5/c1-19-15(18)5-3-2-4-10-20-13-8-6-12(7-9-13)11-14(16)17/h6-9H,2-5,10-11H2,1H3,(H,16,17). The van der Waals surface area contributed by atoms with Crippen molar-refractivity contribution >= 4 is 11.9 Å². The Kier molecular flexibility index (Phi) is 7.17. The van der Waals surface area contributed by atoms with Gasteiger partial charge in [0.2, 0.25) is 0 Å². The van der Waals surface area contributed by atoms with Crippen LogP contribution in [0.3, 0.4) is 0 Å². The highest BCUT2D eigenvalue weighted by Crippen LogP contribution is 2.13. The lowest BCUT2D eigenvalue weighted by molar-refractivity contribution is -0.140. The number of carbonyl (C=O) groups excluding carboxylic acids is 1. The van der Waals surface area contributed by atoms with Gasteiger partial charge in [0.25, 0.3) is 0 Å². The molecule has 0 aliphatic carbocycles. The summed E-state index contributed by atoms with van der Waals surface area (Å²) in [6, 6.07) is 7.04. The topological polar surface area (TPSA) is 72.8 Å². The summed E-state index contributed by atoms with van der Waals surface area (Å²) in [6.07, 6.45) is 3.04. The SMILES string of the molecule is COC(=O)CCCCCOc1ccc(CC(=O)O)cc1. The Balaban J connectivity index is 2.16. The molecule has 0 aliphatic heterocycles. The number of methoxy groups -OCH3 is 1. The highest BCUT2D eigenvalue weighted by atomic mass is 16.5. The number of unbranched alkanes of at least 4 members (excludes halogenated alkanes) is 2. The molecule has 0 saturated carbocycles. The number of carboxylic acid groups (broad SMARTS) is 1. The van der Waals surface area contributed by atoms with Crippen molar-refractivity contribution in [2.75, 3.05) is 13.7 Å². The quantitative estimate of drug-likeness (QED) is 0.555. The molecule has 1 rings (SSSR count). The smallest absolute Gasteiger partial charge is 0.307 e. The van der Waals surface area contributed by atoms with Crippen LogP contribution in [0.4, 0.5) is 0 Å². The number of hydrogen-bond acceptors (Lipinski definition) is 4. The van der Waals surface area contributed by atoms with Crippen molar-refractivity contribution in [2.24, 2.45) is 0 Å². The lowest BCUT2D eigenvalue weighted by Gasteiger charge is -2.06. The minimum absolute atomic E-state index is 0.0216. The van der Waals surface area contributed by atoms with Gasteiger partial charge in [-0.05, 0) is 37.0 Å². The number of benzene rings is 1. The van der Waals surface area contributed by atoms with E-state index in [4.69, 9.17) is 9.84 Å². The molecule has 5 heteroatoms. The van der Waals surface area contributed by atoms with Crippen LogP contribution in [-0.2, 0) is 20.7 Å². The maximum atomic E-state index is 10.9. The third-order valence-corrected chi connectivity index (χ3v) is 2.80. The summed E-state index contributed by atoms with van der Waals surface area (Å²) in [5, 5.41) is 8.65. The van der Waals surface area contributed by atoms with Gasteiger partial charge in [-0.15, -0.1) is 0 Å². The molecule has 0 amide bonds. The van der Waals surface area contributed by atoms with Crippen molar-refractivity contribution in [2.45, 2.75) is 32.1 Å². The van der Waals surface area contributed by atoms with E-state index in [0.717, 1.165) is 30.6 Å². The molecular weight excluding hydrogens is 260 g/mol. The van der Waals surface area contributed by atoms with Gasteiger partial charge >= 0.3 is 11.9 Å². The summed E-state index contributed by atoms with van der Waals surface area (Å²) >= 11 is 0. The van der Waals surface area contributed by atoms with E-state index in [0.29, 0.717) is 13.0 Å². The zero-order valence-corrected chi connectivity index (χ0v) is 11.6. The minimum Gasteiger partial charge on any atom is -0.494 e. The molecule has 1 N–H and O–H groups in total. The van der Waals surface area contributed by atoms with Crippen LogP contribution in [0.25, 0.3) is 0 Å². The van der Waals surface area contributed by atoms with Gasteiger partial charge in [0.05, 0.1) is 20.1 Å². The molecule has 0 bridgehead atoms. The summed E-state index contributed by atoms with van der Waals surface area (Å²) in [5.74, 6) is -0.295. The summed E-state index contributed by atoms with van der Waals surface area (Å²) < 4.78 is 10.1. The van der Waals surface area contributed by atoms with Gasteiger partial charge in [0, 0.05) is 6.42 Å². The Labute approximate surface area is 118 Å². The molecule has 0 heterocycles. The number of rotatable bonds is 9. The highest BCUT2D eigenvalue weighted by molar-refractivity contribution is 5.70. The van der Waals surface area contributed by atoms with E-state index in [1.807, 2.05) is 0 Å². The second kappa shape index (κ2) is 8.96. The normalized spacial score (nSPS) is 10.1. The van der Waals surface area contributed by atoms with E-state index in [2.05, 4.69) is 4.74 Å². The third-order valence-electron chi connectivity index (χ3n) is 2.80. The van der Waals surface area contributed by atoms with Crippen LogP contribution in [0, 0.1) is 0 Å². The first-order valence-electron chi connectivity index (χ1n) is 6.62. The molecule has 0 aromatic heterocycles. The summed E-state index contributed by atoms with van der Waals surface area (Å²) in [4.78, 5) is 21.4. The number of ether oxygens (including phenoxy) is 2. The largest absolute Gasteiger partial charge is 0.494 e. The van der Waals surface area contributed by atoms with Crippen LogP contribution < -0.4 is 4.74 Å². The van der Waals surface area contributed by atoms with Crippen LogP contribution in [-0.4, -0.2) is 30.8 Å². The molecule has 0 aliphatic rings. The zero-order valence-electron chi connectivity index (χ0n) is 11.6. The van der Waals surface area contributed by atoms with E-state index >= 15 is 0 Å². The lowest BCUT2D eigenvalue weighted by Crippen LogP contribution is -2.02. The maximum absolute atomic E-state index is 10.9. The van der Waals surface area contributed by atoms with Gasteiger partial charge < -0.3 is 14.6 Å². The number of carboxylic acids is 1. The average Bonchev–Trinajstić information content (AvgIpc) is 2.43. The fourth-order valence-electron chi connectivity index (χ4n) is 1.72. The monoisotopic (exact) mass is 280 g/mol. The molecule has 0 spiro atoms. The van der Waals surface area contributed by atoms with Crippen LogP contribution in [0.2, 0.25) is 0 Å². The predicted octanol–water partition coefficient (Wildman–Crippen LogP) is 2.43. The molecule has 0 fully saturated rings. The molecule has 5 nitrogen and oxygen atoms in total. The summed E-state index contributed by atoms with van der Waals surface area (Å²) in [6.45, 7) is 0.583. The first-order chi connectivity index (χ1) is 9.61. The molecule has 1 aromatic rings. The second-order valence-corrected chi connectivity index (χ2v) is 4.45. The Morgan fingerprint density at radius 1 is 1.10 bits per heavy atom. The van der Waals surface area contributed by atoms with Crippen molar-refractivity contribution in [3.8, 4) is 5.75 Å². The van der Waals surface area contributed by atoms with Crippen LogP contribution in [0.15, 0.2) is 24.3 Å². The molecule has 0 radical (unpaired) electrons. The van der Waals surface area contributed by atoms with Gasteiger partial charge in [-0.25, -0.2) is 0 Å². The van der Waals surface area contributed by atoms with Gasteiger partial charge in [0.1, 0.15) is 5.75 Å². The molecule has 110 valence electrons. The van der Waals surface area contributed by atoms with Crippen LogP contribution >= 0.6 is 0 Å². The van der Waals surface area contributed by atoms with E-state index < -0.39 is 5.97 Å². The second-order valence-electron chi connectivity index (χ2n) is 4.45. The van der Waals surface area contributed by atoms with E-state index in [-0.39, 0.29) is 12.4 Å². The van der Waals surface area contributed by atoms with Crippen LogP contribution in [0.5, 0.6) is 5.75 Å². The first-order valence-corrected chi connectivity index (χ1v) is 6.62. The number of aliphatic carboxylic acids is 1. The number of hydrogen-bond donors (Lipinski definition) is 1.